The van der Waals surface area contributed by atoms with E-state index in [1.807, 2.05) is 0 Å². The van der Waals surface area contributed by atoms with Crippen molar-refractivity contribution in [2.45, 2.75) is 0 Å². The van der Waals surface area contributed by atoms with Crippen LogP contribution in [0.25, 0.3) is 0 Å². The maximum absolute atomic E-state index is 9.62. The summed E-state index contributed by atoms with van der Waals surface area (Å²) in [4.78, 5) is 9.26. The topological polar surface area (TPSA) is 43.1 Å². The highest BCUT2D eigenvalue weighted by Crippen LogP contribution is 1.92. The number of thiocarbonyl (C=S) groups is 1. The molecule has 0 unspecified atom stereocenters. The summed E-state index contributed by atoms with van der Waals surface area (Å²) in [7, 11) is 0. The Morgan fingerprint density at radius 3 is 2.88 bits per heavy atom. The van der Waals surface area contributed by atoms with Crippen LogP contribution in [0.1, 0.15) is 0 Å². The predicted octanol–water partition coefficient (Wildman–Crippen LogP) is 0.953. The molecular weight excluding hydrogens is 146 g/mol. The minimum absolute atomic E-state index is 0.00218. The number of hydrogen-bond donors (Lipinski definition) is 0. The highest BCUT2D eigenvalue weighted by atomic mass is 32.2. The second-order valence-electron chi connectivity index (χ2n) is 1.02. The fourth-order valence-corrected chi connectivity index (χ4v) is 0.815. The van der Waals surface area contributed by atoms with Gasteiger partial charge in [0.1, 0.15) is 0 Å². The predicted molar refractivity (Wildman–Crippen MR) is 38.0 cm³/mol. The van der Waals surface area contributed by atoms with Crippen LogP contribution < -0.4 is 0 Å². The lowest BCUT2D eigenvalue weighted by molar-refractivity contribution is -0.474. The first-order chi connectivity index (χ1) is 3.77. The monoisotopic (exact) mass is 151 g/mol. The van der Waals surface area contributed by atoms with Crippen LogP contribution in [0.5, 0.6) is 0 Å². The van der Waals surface area contributed by atoms with Crippen molar-refractivity contribution >= 4 is 28.7 Å². The van der Waals surface area contributed by atoms with Gasteiger partial charge in [0.25, 0.3) is 0 Å². The molecule has 3 nitrogen and oxygen atoms in total. The SMILES string of the molecule is O=[N+]([O-])CCSC=S. The van der Waals surface area contributed by atoms with E-state index in [2.05, 4.69) is 12.2 Å². The van der Waals surface area contributed by atoms with Gasteiger partial charge in [-0.2, -0.15) is 0 Å². The molecule has 0 aromatic heterocycles. The summed E-state index contributed by atoms with van der Waals surface area (Å²) in [5, 5.41) is 9.62. The second kappa shape index (κ2) is 4.99. The van der Waals surface area contributed by atoms with E-state index in [9.17, 15) is 10.1 Å². The summed E-state index contributed by atoms with van der Waals surface area (Å²) in [5.41, 5.74) is 0. The Labute approximate surface area is 56.6 Å². The summed E-state index contributed by atoms with van der Waals surface area (Å²) in [6.45, 7) is -0.00218. The van der Waals surface area contributed by atoms with Crippen molar-refractivity contribution in [1.29, 1.82) is 0 Å². The minimum atomic E-state index is -0.355. The zero-order valence-electron chi connectivity index (χ0n) is 4.07. The number of nitrogens with zero attached hydrogens (tertiary/aromatic N) is 1. The smallest absolute Gasteiger partial charge is 0.213 e. The maximum Gasteiger partial charge on any atom is 0.213 e. The first-order valence-corrected chi connectivity index (χ1v) is 3.46. The van der Waals surface area contributed by atoms with Crippen LogP contribution in [0.15, 0.2) is 0 Å². The lowest BCUT2D eigenvalue weighted by atomic mass is 10.8. The Balaban J connectivity index is 2.93. The van der Waals surface area contributed by atoms with Gasteiger partial charge in [0.05, 0.1) is 5.75 Å². The average Bonchev–Trinajstić information content (AvgIpc) is 1.66. The van der Waals surface area contributed by atoms with Crippen LogP contribution in [0, 0.1) is 10.1 Å². The van der Waals surface area contributed by atoms with Crippen LogP contribution in [0.4, 0.5) is 0 Å². The summed E-state index contributed by atoms with van der Waals surface area (Å²) in [5.74, 6) is 0.483. The number of hydrogen-bond acceptors (Lipinski definition) is 4. The van der Waals surface area contributed by atoms with Gasteiger partial charge in [-0.3, -0.25) is 10.1 Å². The van der Waals surface area contributed by atoms with Crippen molar-refractivity contribution in [3.8, 4) is 0 Å². The van der Waals surface area contributed by atoms with E-state index in [0.717, 1.165) is 0 Å². The molecule has 0 aliphatic rings. The molecule has 5 heteroatoms. The molecule has 0 bridgehead atoms. The van der Waals surface area contributed by atoms with E-state index in [0.29, 0.717) is 5.75 Å². The normalized spacial score (nSPS) is 8.50. The average molecular weight is 151 g/mol. The molecule has 0 amide bonds. The van der Waals surface area contributed by atoms with E-state index in [1.165, 1.54) is 16.5 Å². The molecular formula is C3H5NO2S2. The Morgan fingerprint density at radius 2 is 2.50 bits per heavy atom. The van der Waals surface area contributed by atoms with E-state index in [1.54, 1.807) is 0 Å². The summed E-state index contributed by atoms with van der Waals surface area (Å²) < 4.78 is 1.43. The highest BCUT2D eigenvalue weighted by molar-refractivity contribution is 8.20. The summed E-state index contributed by atoms with van der Waals surface area (Å²) in [6.07, 6.45) is 0. The van der Waals surface area contributed by atoms with Gasteiger partial charge in [0, 0.05) is 9.62 Å². The van der Waals surface area contributed by atoms with Crippen LogP contribution in [0.2, 0.25) is 0 Å². The molecule has 0 saturated heterocycles. The van der Waals surface area contributed by atoms with Crippen LogP contribution in [0.3, 0.4) is 0 Å². The molecule has 0 aliphatic carbocycles. The van der Waals surface area contributed by atoms with Gasteiger partial charge >= 0.3 is 0 Å². The standard InChI is InChI=1S/C3H5NO2S2/c5-4(6)1-2-8-3-7/h3H,1-2H2. The Hall–Kier alpha value is -0.160. The van der Waals surface area contributed by atoms with Gasteiger partial charge in [-0.15, -0.1) is 11.8 Å². The third kappa shape index (κ3) is 5.84. The molecule has 0 aliphatic heterocycles. The van der Waals surface area contributed by atoms with Crippen LogP contribution in [-0.2, 0) is 0 Å². The third-order valence-electron chi connectivity index (χ3n) is 0.460. The molecule has 0 aromatic carbocycles. The molecule has 0 fully saturated rings. The summed E-state index contributed by atoms with van der Waals surface area (Å²) >= 11 is 5.70. The van der Waals surface area contributed by atoms with E-state index in [4.69, 9.17) is 0 Å². The van der Waals surface area contributed by atoms with Crippen LogP contribution in [-0.4, -0.2) is 21.9 Å². The molecule has 0 heterocycles. The molecule has 0 rings (SSSR count). The molecule has 8 heavy (non-hydrogen) atoms. The molecule has 0 saturated carbocycles. The first-order valence-electron chi connectivity index (χ1n) is 1.94. The van der Waals surface area contributed by atoms with Crippen LogP contribution >= 0.6 is 24.0 Å². The fraction of sp³-hybridized carbons (Fsp3) is 0.667. The Bertz CT molecular complexity index is 95.3. The Kier molecular flexibility index (Phi) is 4.89. The van der Waals surface area contributed by atoms with Crippen molar-refractivity contribution in [3.05, 3.63) is 10.1 Å². The van der Waals surface area contributed by atoms with Gasteiger partial charge in [-0.25, -0.2) is 0 Å². The van der Waals surface area contributed by atoms with Gasteiger partial charge in [0.15, 0.2) is 0 Å². The van der Waals surface area contributed by atoms with E-state index < -0.39 is 0 Å². The molecule has 0 N–H and O–H groups in total. The number of rotatable bonds is 4. The maximum atomic E-state index is 9.62. The zero-order valence-corrected chi connectivity index (χ0v) is 5.70. The minimum Gasteiger partial charge on any atom is -0.265 e. The molecule has 0 radical (unpaired) electrons. The van der Waals surface area contributed by atoms with Crippen molar-refractivity contribution < 1.29 is 4.92 Å². The van der Waals surface area contributed by atoms with Gasteiger partial charge in [0.2, 0.25) is 6.54 Å². The van der Waals surface area contributed by atoms with Crippen molar-refractivity contribution in [2.24, 2.45) is 0 Å². The molecule has 0 aromatic rings. The van der Waals surface area contributed by atoms with E-state index >= 15 is 0 Å². The van der Waals surface area contributed by atoms with Crippen molar-refractivity contribution in [2.75, 3.05) is 12.3 Å². The van der Waals surface area contributed by atoms with Crippen molar-refractivity contribution in [3.63, 3.8) is 0 Å². The molecule has 0 atom stereocenters. The summed E-state index contributed by atoms with van der Waals surface area (Å²) in [6, 6.07) is 0. The first kappa shape index (κ1) is 7.84. The number of thioether (sulfide) groups is 1. The zero-order chi connectivity index (χ0) is 6.41. The lowest BCUT2D eigenvalue weighted by Crippen LogP contribution is -2.02. The third-order valence-corrected chi connectivity index (χ3v) is 1.42. The molecule has 0 spiro atoms. The lowest BCUT2D eigenvalue weighted by Gasteiger charge is -1.85. The fourth-order valence-electron chi connectivity index (χ4n) is 0.175. The highest BCUT2D eigenvalue weighted by Gasteiger charge is 1.92. The quantitative estimate of drug-likeness (QED) is 0.260. The van der Waals surface area contributed by atoms with Gasteiger partial charge < -0.3 is 0 Å². The molecule has 46 valence electrons. The Morgan fingerprint density at radius 1 is 1.88 bits per heavy atom. The van der Waals surface area contributed by atoms with Gasteiger partial charge in [-0.05, 0) is 0 Å². The van der Waals surface area contributed by atoms with Crippen molar-refractivity contribution in [1.82, 2.24) is 0 Å². The largest absolute Gasteiger partial charge is 0.265 e. The van der Waals surface area contributed by atoms with Gasteiger partial charge in [-0.1, -0.05) is 12.2 Å². The number of nitro groups is 1. The second-order valence-corrected chi connectivity index (χ2v) is 2.53. The van der Waals surface area contributed by atoms with E-state index in [-0.39, 0.29) is 11.5 Å².